The maximum atomic E-state index is 0. The summed E-state index contributed by atoms with van der Waals surface area (Å²) in [6.45, 7) is 0. The molecule has 0 aliphatic rings. The first-order chi connectivity index (χ1) is 0. The van der Waals surface area contributed by atoms with Crippen LogP contribution in [0.5, 0.6) is 0 Å². The Labute approximate surface area is 59.3 Å². The summed E-state index contributed by atoms with van der Waals surface area (Å²) in [5.41, 5.74) is 0. The smallest absolute Gasteiger partial charge is 2.00 e. The Balaban J connectivity index is 0. The molecule has 0 atom stereocenters. The van der Waals surface area contributed by atoms with Crippen LogP contribution in [0.25, 0.3) is 0 Å². The number of hydrogen-bond acceptors (Lipinski definition) is 0. The van der Waals surface area contributed by atoms with Gasteiger partial charge in [-0.3, -0.25) is 0 Å². The molecule has 0 spiro atoms. The van der Waals surface area contributed by atoms with E-state index in [-0.39, 0.29) is 59.0 Å². The molecule has 6 heavy (non-hydrogen) atoms. The Morgan fingerprint density at radius 3 is 0.500 bits per heavy atom. The Hall–Kier alpha value is 1.01. The molecule has 36 valence electrons. The van der Waals surface area contributed by atoms with Crippen LogP contribution in [-0.4, -0.2) is 17.6 Å². The summed E-state index contributed by atoms with van der Waals surface area (Å²) in [7, 11) is 0. The molecule has 0 bridgehead atoms. The quantitative estimate of drug-likeness (QED) is 0.488. The monoisotopic (exact) mass is 240 g/mol. The van der Waals surface area contributed by atoms with Crippen molar-refractivity contribution in [2.24, 2.45) is 0 Å². The molecular weight excluding hydrogens is 238 g/mol. The fourth-order valence-electron chi connectivity index (χ4n) is 0. The van der Waals surface area contributed by atoms with Crippen LogP contribution in [0.2, 0.25) is 0 Å². The van der Waals surface area contributed by atoms with Crippen LogP contribution in [0.15, 0.2) is 0 Å². The van der Waals surface area contributed by atoms with E-state index >= 15 is 0 Å². The van der Waals surface area contributed by atoms with Crippen LogP contribution in [0.3, 0.4) is 0 Å². The Morgan fingerprint density at radius 2 is 0.500 bits per heavy atom. The van der Waals surface area contributed by atoms with Gasteiger partial charge in [0.1, 0.15) is 0 Å². The Morgan fingerprint density at radius 1 is 0.500 bits per heavy atom. The van der Waals surface area contributed by atoms with Crippen LogP contribution < -0.4 is 0 Å². The second-order valence-corrected chi connectivity index (χ2v) is 0. The van der Waals surface area contributed by atoms with Crippen molar-refractivity contribution in [3.63, 3.8) is 0 Å². The molecule has 0 heterocycles. The molecule has 4 nitrogen and oxygen atoms in total. The van der Waals surface area contributed by atoms with Crippen LogP contribution >= 0.6 is 0 Å². The third-order valence-corrected chi connectivity index (χ3v) is 0. The first-order valence-corrected chi connectivity index (χ1v) is 0. The molecular formula is GeO4Ru. The van der Waals surface area contributed by atoms with E-state index in [0.717, 1.165) is 0 Å². The zero-order chi connectivity index (χ0) is 0. The number of rotatable bonds is 0. The molecule has 0 rings (SSSR count). The van der Waals surface area contributed by atoms with Crippen molar-refractivity contribution in [2.75, 3.05) is 0 Å². The van der Waals surface area contributed by atoms with Gasteiger partial charge in [-0.1, -0.05) is 0 Å². The molecule has 0 radical (unpaired) electrons. The summed E-state index contributed by atoms with van der Waals surface area (Å²) in [6.07, 6.45) is 0. The Kier molecular flexibility index (Phi) is 6190. The summed E-state index contributed by atoms with van der Waals surface area (Å²) < 4.78 is 0. The maximum Gasteiger partial charge on any atom is 4.00 e. The molecule has 0 saturated carbocycles. The minimum atomic E-state index is 0. The second-order valence-electron chi connectivity index (χ2n) is 0. The molecule has 0 saturated heterocycles. The van der Waals surface area contributed by atoms with Gasteiger partial charge in [0.15, 0.2) is 0 Å². The molecule has 0 aliphatic heterocycles. The normalized spacial score (nSPS) is 0. The molecule has 0 aromatic carbocycles. The van der Waals surface area contributed by atoms with Crippen LogP contribution in [0.1, 0.15) is 0 Å². The second kappa shape index (κ2) is 149. The largest absolute Gasteiger partial charge is 4.00 e. The van der Waals surface area contributed by atoms with E-state index in [4.69, 9.17) is 0 Å². The van der Waals surface area contributed by atoms with E-state index in [2.05, 4.69) is 0 Å². The molecule has 0 unspecified atom stereocenters. The summed E-state index contributed by atoms with van der Waals surface area (Å²) in [4.78, 5) is 0. The Bertz CT molecular complexity index is 7.51. The molecule has 6 heteroatoms. The maximum absolute atomic E-state index is 0. The minimum absolute atomic E-state index is 0. The van der Waals surface area contributed by atoms with Crippen molar-refractivity contribution in [2.45, 2.75) is 0 Å². The van der Waals surface area contributed by atoms with Gasteiger partial charge < -0.3 is 21.9 Å². The third-order valence-electron chi connectivity index (χ3n) is 0. The third kappa shape index (κ3) is 79.4. The van der Waals surface area contributed by atoms with E-state index < -0.39 is 0 Å². The van der Waals surface area contributed by atoms with E-state index in [9.17, 15) is 0 Å². The van der Waals surface area contributed by atoms with Crippen molar-refractivity contribution >= 4 is 17.6 Å². The van der Waals surface area contributed by atoms with Crippen LogP contribution in [0.4, 0.5) is 0 Å². The predicted molar refractivity (Wildman–Crippen MR) is 8.50 cm³/mol. The van der Waals surface area contributed by atoms with E-state index in [1.54, 1.807) is 0 Å². The summed E-state index contributed by atoms with van der Waals surface area (Å²) in [6, 6.07) is 0. The van der Waals surface area contributed by atoms with Crippen molar-refractivity contribution in [1.82, 2.24) is 0 Å². The van der Waals surface area contributed by atoms with E-state index in [0.29, 0.717) is 0 Å². The first-order valence-electron chi connectivity index (χ1n) is 0. The fourth-order valence-corrected chi connectivity index (χ4v) is 0. The van der Waals surface area contributed by atoms with Gasteiger partial charge in [0.2, 0.25) is 0 Å². The molecule has 0 aliphatic carbocycles. The van der Waals surface area contributed by atoms with Gasteiger partial charge in [0.05, 0.1) is 0 Å². The first kappa shape index (κ1) is 250. The van der Waals surface area contributed by atoms with Crippen LogP contribution in [0, 0.1) is 0 Å². The molecule has 0 aromatic heterocycles. The number of hydrogen-bond donors (Lipinski definition) is 0. The summed E-state index contributed by atoms with van der Waals surface area (Å²) >= 11 is 0. The average molecular weight is 238 g/mol. The zero-order valence-electron chi connectivity index (χ0n) is 2.49. The SMILES string of the molecule is [Ge+4].[O-2].[O-2].[O-2].[O-2].[Ru+4]. The van der Waals surface area contributed by atoms with E-state index in [1.807, 2.05) is 0 Å². The van der Waals surface area contributed by atoms with Gasteiger partial charge in [-0.25, -0.2) is 0 Å². The standard InChI is InChI=1S/Ge.4O.Ru/q+4;4*-2;+4. The zero-order valence-corrected chi connectivity index (χ0v) is 6.32. The fraction of sp³-hybridized carbons (Fsp3) is 0. The molecule has 0 fully saturated rings. The minimum Gasteiger partial charge on any atom is -2.00 e. The van der Waals surface area contributed by atoms with Gasteiger partial charge in [0, 0.05) is 0 Å². The van der Waals surface area contributed by atoms with Crippen molar-refractivity contribution in [3.05, 3.63) is 0 Å². The van der Waals surface area contributed by atoms with Gasteiger partial charge in [-0.05, 0) is 0 Å². The van der Waals surface area contributed by atoms with Gasteiger partial charge >= 0.3 is 37.1 Å². The van der Waals surface area contributed by atoms with Gasteiger partial charge in [-0.2, -0.15) is 0 Å². The summed E-state index contributed by atoms with van der Waals surface area (Å²) in [5.74, 6) is 0. The molecule has 0 N–H and O–H groups in total. The average Bonchev–Trinajstić information content (AvgIpc) is 0. The summed E-state index contributed by atoms with van der Waals surface area (Å²) in [5, 5.41) is 0. The molecule has 0 amide bonds. The van der Waals surface area contributed by atoms with Crippen molar-refractivity contribution in [1.29, 1.82) is 0 Å². The predicted octanol–water partition coefficient (Wildman–Crippen LogP) is -0.859. The van der Waals surface area contributed by atoms with Gasteiger partial charge in [0.25, 0.3) is 0 Å². The van der Waals surface area contributed by atoms with Crippen molar-refractivity contribution < 1.29 is 41.4 Å². The van der Waals surface area contributed by atoms with E-state index in [1.165, 1.54) is 0 Å². The molecule has 0 aromatic rings. The van der Waals surface area contributed by atoms with Crippen molar-refractivity contribution in [3.8, 4) is 0 Å². The topological polar surface area (TPSA) is 114 Å². The van der Waals surface area contributed by atoms with Crippen LogP contribution in [-0.2, 0) is 41.4 Å². The van der Waals surface area contributed by atoms with Gasteiger partial charge in [-0.15, -0.1) is 0 Å².